The Morgan fingerprint density at radius 1 is 1.14 bits per heavy atom. The van der Waals surface area contributed by atoms with Gasteiger partial charge in [-0.05, 0) is 30.7 Å². The number of hydrogen-bond acceptors (Lipinski definition) is 4. The van der Waals surface area contributed by atoms with E-state index in [0.29, 0.717) is 19.5 Å². The van der Waals surface area contributed by atoms with Crippen LogP contribution in [0.2, 0.25) is 0 Å². The molecule has 0 N–H and O–H groups in total. The third kappa shape index (κ3) is 3.51. The Bertz CT molecular complexity index is 603. The summed E-state index contributed by atoms with van der Waals surface area (Å²) in [4.78, 5) is 13.0. The number of hydrogen-bond donors (Lipinski definition) is 0. The Hall–Kier alpha value is -1.67. The van der Waals surface area contributed by atoms with Crippen LogP contribution in [0.1, 0.15) is 6.42 Å². The predicted octanol–water partition coefficient (Wildman–Crippen LogP) is 1.29. The van der Waals surface area contributed by atoms with Crippen LogP contribution >= 0.6 is 0 Å². The number of amides is 1. The fourth-order valence-corrected chi connectivity index (χ4v) is 3.67. The molecule has 0 radical (unpaired) electrons. The van der Waals surface area contributed by atoms with Crippen LogP contribution in [0.3, 0.4) is 0 Å². The molecule has 116 valence electrons. The molecule has 1 aromatic carbocycles. The Kier molecular flexibility index (Phi) is 4.79. The second kappa shape index (κ2) is 6.40. The van der Waals surface area contributed by atoms with Gasteiger partial charge in [0.2, 0.25) is 10.0 Å². The van der Waals surface area contributed by atoms with Crippen LogP contribution in [-0.2, 0) is 14.8 Å². The SMILES string of the molecule is COC(=O)N1CCCN(S(=O)(=O)c2ccc(F)cc2)CC1. The van der Waals surface area contributed by atoms with E-state index >= 15 is 0 Å². The molecule has 8 heteroatoms. The van der Waals surface area contributed by atoms with Gasteiger partial charge in [0.05, 0.1) is 12.0 Å². The molecule has 1 saturated heterocycles. The predicted molar refractivity (Wildman–Crippen MR) is 73.8 cm³/mol. The van der Waals surface area contributed by atoms with E-state index in [1.165, 1.54) is 28.4 Å². The quantitative estimate of drug-likeness (QED) is 0.824. The third-order valence-electron chi connectivity index (χ3n) is 3.34. The molecule has 1 aliphatic rings. The van der Waals surface area contributed by atoms with Crippen molar-refractivity contribution in [2.24, 2.45) is 0 Å². The molecule has 0 atom stereocenters. The maximum Gasteiger partial charge on any atom is 0.409 e. The number of benzene rings is 1. The summed E-state index contributed by atoms with van der Waals surface area (Å²) >= 11 is 0. The maximum atomic E-state index is 12.9. The van der Waals surface area contributed by atoms with Crippen molar-refractivity contribution < 1.29 is 22.3 Å². The zero-order valence-electron chi connectivity index (χ0n) is 11.7. The Morgan fingerprint density at radius 3 is 2.43 bits per heavy atom. The summed E-state index contributed by atoms with van der Waals surface area (Å²) in [6.07, 6.45) is 0.0613. The molecule has 21 heavy (non-hydrogen) atoms. The highest BCUT2D eigenvalue weighted by Gasteiger charge is 2.28. The van der Waals surface area contributed by atoms with Gasteiger partial charge in [0.1, 0.15) is 5.82 Å². The van der Waals surface area contributed by atoms with Crippen molar-refractivity contribution >= 4 is 16.1 Å². The summed E-state index contributed by atoms with van der Waals surface area (Å²) in [6.45, 7) is 1.22. The number of methoxy groups -OCH3 is 1. The minimum atomic E-state index is -3.67. The van der Waals surface area contributed by atoms with Crippen molar-refractivity contribution in [1.29, 1.82) is 0 Å². The van der Waals surface area contributed by atoms with Crippen molar-refractivity contribution in [1.82, 2.24) is 9.21 Å². The first-order valence-electron chi connectivity index (χ1n) is 6.54. The van der Waals surface area contributed by atoms with Crippen LogP contribution in [-0.4, -0.2) is 57.0 Å². The second-order valence-corrected chi connectivity index (χ2v) is 6.61. The van der Waals surface area contributed by atoms with Gasteiger partial charge in [-0.3, -0.25) is 0 Å². The number of carbonyl (C=O) groups is 1. The molecule has 1 aromatic rings. The zero-order valence-corrected chi connectivity index (χ0v) is 12.5. The van der Waals surface area contributed by atoms with Gasteiger partial charge in [0, 0.05) is 26.2 Å². The first kappa shape index (κ1) is 15.7. The largest absolute Gasteiger partial charge is 0.453 e. The zero-order chi connectivity index (χ0) is 15.5. The van der Waals surface area contributed by atoms with E-state index < -0.39 is 21.9 Å². The highest BCUT2D eigenvalue weighted by atomic mass is 32.2. The summed E-state index contributed by atoms with van der Waals surface area (Å²) in [5.41, 5.74) is 0. The topological polar surface area (TPSA) is 66.9 Å². The number of carbonyl (C=O) groups excluding carboxylic acids is 1. The van der Waals surface area contributed by atoms with E-state index in [2.05, 4.69) is 4.74 Å². The molecule has 6 nitrogen and oxygen atoms in total. The van der Waals surface area contributed by atoms with Crippen LogP contribution in [0.5, 0.6) is 0 Å². The number of rotatable bonds is 2. The number of sulfonamides is 1. The van der Waals surface area contributed by atoms with E-state index in [1.54, 1.807) is 0 Å². The number of nitrogens with zero attached hydrogens (tertiary/aromatic N) is 2. The lowest BCUT2D eigenvalue weighted by molar-refractivity contribution is 0.126. The summed E-state index contributed by atoms with van der Waals surface area (Å²) in [5.74, 6) is -0.485. The van der Waals surface area contributed by atoms with Gasteiger partial charge in [0.25, 0.3) is 0 Å². The second-order valence-electron chi connectivity index (χ2n) is 4.67. The van der Waals surface area contributed by atoms with Crippen LogP contribution in [0.25, 0.3) is 0 Å². The molecule has 1 heterocycles. The molecule has 1 aliphatic heterocycles. The molecule has 0 unspecified atom stereocenters. The van der Waals surface area contributed by atoms with E-state index in [1.807, 2.05) is 0 Å². The van der Waals surface area contributed by atoms with E-state index in [0.717, 1.165) is 12.1 Å². The van der Waals surface area contributed by atoms with Crippen molar-refractivity contribution in [2.45, 2.75) is 11.3 Å². The monoisotopic (exact) mass is 316 g/mol. The van der Waals surface area contributed by atoms with Crippen molar-refractivity contribution in [3.05, 3.63) is 30.1 Å². The summed E-state index contributed by atoms with van der Waals surface area (Å²) < 4.78 is 43.8. The molecule has 1 amide bonds. The van der Waals surface area contributed by atoms with E-state index in [9.17, 15) is 17.6 Å². The fraction of sp³-hybridized carbons (Fsp3) is 0.462. The van der Waals surface area contributed by atoms with E-state index in [-0.39, 0.29) is 18.0 Å². The third-order valence-corrected chi connectivity index (χ3v) is 5.25. The summed E-state index contributed by atoms with van der Waals surface area (Å²) in [5, 5.41) is 0. The maximum absolute atomic E-state index is 12.9. The minimum Gasteiger partial charge on any atom is -0.453 e. The van der Waals surface area contributed by atoms with Gasteiger partial charge in [-0.2, -0.15) is 4.31 Å². The molecule has 0 aliphatic carbocycles. The first-order valence-corrected chi connectivity index (χ1v) is 7.98. The normalized spacial score (nSPS) is 17.3. The average molecular weight is 316 g/mol. The van der Waals surface area contributed by atoms with Gasteiger partial charge in [0.15, 0.2) is 0 Å². The number of ether oxygens (including phenoxy) is 1. The lowest BCUT2D eigenvalue weighted by Gasteiger charge is -2.21. The first-order chi connectivity index (χ1) is 9.95. The van der Waals surface area contributed by atoms with Gasteiger partial charge in [-0.1, -0.05) is 0 Å². The van der Waals surface area contributed by atoms with Crippen molar-refractivity contribution in [2.75, 3.05) is 33.3 Å². The molecule has 0 saturated carbocycles. The lowest BCUT2D eigenvalue weighted by Crippen LogP contribution is -2.37. The molecule has 0 spiro atoms. The van der Waals surface area contributed by atoms with Crippen LogP contribution in [0, 0.1) is 5.82 Å². The van der Waals surface area contributed by atoms with E-state index in [4.69, 9.17) is 0 Å². The van der Waals surface area contributed by atoms with Gasteiger partial charge in [-0.25, -0.2) is 17.6 Å². The molecular weight excluding hydrogens is 299 g/mol. The van der Waals surface area contributed by atoms with Gasteiger partial charge >= 0.3 is 6.09 Å². The summed E-state index contributed by atoms with van der Waals surface area (Å²) in [7, 11) is -2.38. The fourth-order valence-electron chi connectivity index (χ4n) is 2.20. The molecule has 0 aromatic heterocycles. The Balaban J connectivity index is 2.14. The highest BCUT2D eigenvalue weighted by Crippen LogP contribution is 2.18. The van der Waals surface area contributed by atoms with Gasteiger partial charge in [-0.15, -0.1) is 0 Å². The minimum absolute atomic E-state index is 0.0513. The summed E-state index contributed by atoms with van der Waals surface area (Å²) in [6, 6.07) is 4.72. The number of halogens is 1. The lowest BCUT2D eigenvalue weighted by atomic mass is 10.4. The van der Waals surface area contributed by atoms with Crippen molar-refractivity contribution in [3.8, 4) is 0 Å². The Morgan fingerprint density at radius 2 is 1.81 bits per heavy atom. The standard InChI is InChI=1S/C13H17FN2O4S/c1-20-13(17)15-7-2-8-16(10-9-15)21(18,19)12-5-3-11(14)4-6-12/h3-6H,2,7-10H2,1H3. The average Bonchev–Trinajstić information content (AvgIpc) is 2.73. The van der Waals surface area contributed by atoms with Crippen LogP contribution in [0.15, 0.2) is 29.2 Å². The molecule has 1 fully saturated rings. The smallest absolute Gasteiger partial charge is 0.409 e. The van der Waals surface area contributed by atoms with Gasteiger partial charge < -0.3 is 9.64 Å². The van der Waals surface area contributed by atoms with Crippen LogP contribution < -0.4 is 0 Å². The molecule has 2 rings (SSSR count). The molecule has 0 bridgehead atoms. The Labute approximate surface area is 123 Å². The molecular formula is C13H17FN2O4S. The van der Waals surface area contributed by atoms with Crippen LogP contribution in [0.4, 0.5) is 9.18 Å². The van der Waals surface area contributed by atoms with Crippen molar-refractivity contribution in [3.63, 3.8) is 0 Å². The highest BCUT2D eigenvalue weighted by molar-refractivity contribution is 7.89.